The molecule has 0 radical (unpaired) electrons. The maximum Gasteiger partial charge on any atom is 0.322 e. The quantitative estimate of drug-likeness (QED) is 0.468. The van der Waals surface area contributed by atoms with E-state index in [1.54, 1.807) is 0 Å². The molecule has 0 aliphatic heterocycles. The van der Waals surface area contributed by atoms with Crippen molar-refractivity contribution in [2.45, 2.75) is 96.3 Å². The molecule has 4 saturated carbocycles. The largest absolute Gasteiger partial charge is 0.480 e. The molecular formula is C28H45NO5S. The highest BCUT2D eigenvalue weighted by atomic mass is 32.2. The van der Waals surface area contributed by atoms with Crippen LogP contribution in [-0.2, 0) is 14.4 Å². The van der Waals surface area contributed by atoms with Crippen LogP contribution in [0.1, 0.15) is 85.5 Å². The van der Waals surface area contributed by atoms with Crippen molar-refractivity contribution in [2.24, 2.45) is 46.3 Å². The van der Waals surface area contributed by atoms with Gasteiger partial charge < -0.3 is 15.5 Å². The first kappa shape index (κ1) is 27.0. The van der Waals surface area contributed by atoms with Crippen LogP contribution in [0.4, 0.5) is 0 Å². The number of carboxylic acids is 1. The van der Waals surface area contributed by atoms with E-state index in [2.05, 4.69) is 26.1 Å². The second-order valence-corrected chi connectivity index (χ2v) is 14.3. The zero-order valence-electron chi connectivity index (χ0n) is 22.1. The second-order valence-electron chi connectivity index (χ2n) is 13.0. The molecule has 4 rings (SSSR count). The topological polar surface area (TPSA) is 104 Å². The molecule has 3 N–H and O–H groups in total. The van der Waals surface area contributed by atoms with Crippen LogP contribution in [0.25, 0.3) is 0 Å². The average Bonchev–Trinajstić information content (AvgIpc) is 3.15. The third-order valence-corrected chi connectivity index (χ3v) is 12.5. The summed E-state index contributed by atoms with van der Waals surface area (Å²) in [5.74, 6) is 1.29. The summed E-state index contributed by atoms with van der Waals surface area (Å²) in [4.78, 5) is 37.4. The number of fused-ring (bicyclic) bond motifs is 5. The molecule has 10 atom stereocenters. The fourth-order valence-electron chi connectivity index (χ4n) is 9.25. The van der Waals surface area contributed by atoms with Gasteiger partial charge in [0, 0.05) is 12.3 Å². The highest BCUT2D eigenvalue weighted by Gasteiger charge is 2.63. The molecule has 4 fully saturated rings. The number of aliphatic hydroxyl groups is 1. The number of rotatable bonds is 7. The van der Waals surface area contributed by atoms with Crippen molar-refractivity contribution in [1.82, 2.24) is 5.32 Å². The predicted octanol–water partition coefficient (Wildman–Crippen LogP) is 4.53. The van der Waals surface area contributed by atoms with Gasteiger partial charge in [0.1, 0.15) is 12.3 Å². The van der Waals surface area contributed by atoms with Crippen LogP contribution in [0.5, 0.6) is 0 Å². The lowest BCUT2D eigenvalue weighted by atomic mass is 9.44. The number of carbonyl (C=O) groups excluding carboxylic acids is 2. The van der Waals surface area contributed by atoms with Gasteiger partial charge in [-0.25, -0.2) is 0 Å². The Morgan fingerprint density at radius 1 is 1.14 bits per heavy atom. The lowest BCUT2D eigenvalue weighted by Gasteiger charge is -2.60. The van der Waals surface area contributed by atoms with E-state index in [9.17, 15) is 19.5 Å². The van der Waals surface area contributed by atoms with E-state index in [1.165, 1.54) is 11.8 Å². The molecule has 0 heterocycles. The fraction of sp³-hybridized carbons (Fsp3) is 0.893. The van der Waals surface area contributed by atoms with Crippen molar-refractivity contribution in [3.8, 4) is 0 Å². The van der Waals surface area contributed by atoms with Crippen molar-refractivity contribution in [3.05, 3.63) is 0 Å². The molecule has 4 aliphatic rings. The van der Waals surface area contributed by atoms with E-state index in [4.69, 9.17) is 5.11 Å². The van der Waals surface area contributed by atoms with Crippen LogP contribution in [0.2, 0.25) is 0 Å². The summed E-state index contributed by atoms with van der Waals surface area (Å²) in [6.07, 6.45) is 10.1. The third kappa shape index (κ3) is 4.58. The molecule has 35 heavy (non-hydrogen) atoms. The number of hydrogen-bond donors (Lipinski definition) is 3. The molecule has 0 aromatic rings. The second kappa shape index (κ2) is 9.66. The first-order chi connectivity index (χ1) is 16.4. The SMILES string of the molecule is CSC(C)(CC(C)C1CCC2C3C(=O)CC4CC(O)CCC4(C)C3CCC12C)C(=O)NCC(=O)O. The van der Waals surface area contributed by atoms with Gasteiger partial charge in [-0.1, -0.05) is 20.8 Å². The fourth-order valence-corrected chi connectivity index (χ4v) is 9.94. The summed E-state index contributed by atoms with van der Waals surface area (Å²) in [5.41, 5.74) is 0.271. The van der Waals surface area contributed by atoms with Gasteiger partial charge in [-0.15, -0.1) is 11.8 Å². The third-order valence-electron chi connectivity index (χ3n) is 11.2. The lowest BCUT2D eigenvalue weighted by molar-refractivity contribution is -0.160. The number of hydrogen-bond acceptors (Lipinski definition) is 5. The Hall–Kier alpha value is -1.08. The van der Waals surface area contributed by atoms with Crippen LogP contribution in [0, 0.1) is 46.3 Å². The first-order valence-corrected chi connectivity index (χ1v) is 14.8. The Labute approximate surface area is 214 Å². The van der Waals surface area contributed by atoms with Crippen LogP contribution in [-0.4, -0.2) is 51.5 Å². The summed E-state index contributed by atoms with van der Waals surface area (Å²) in [7, 11) is 0. The van der Waals surface area contributed by atoms with Crippen molar-refractivity contribution in [1.29, 1.82) is 0 Å². The maximum absolute atomic E-state index is 13.6. The number of thioether (sulfide) groups is 1. The lowest BCUT2D eigenvalue weighted by Crippen LogP contribution is -2.57. The summed E-state index contributed by atoms with van der Waals surface area (Å²) < 4.78 is -0.676. The zero-order chi connectivity index (χ0) is 25.8. The number of Topliss-reactive ketones (excluding diaryl/α,β-unsaturated/α-hetero) is 1. The molecule has 7 heteroatoms. The molecule has 4 aliphatic carbocycles. The molecule has 0 aromatic heterocycles. The predicted molar refractivity (Wildman–Crippen MR) is 138 cm³/mol. The highest BCUT2D eigenvalue weighted by molar-refractivity contribution is 8.00. The Balaban J connectivity index is 1.51. The molecule has 0 aromatic carbocycles. The molecule has 198 valence electrons. The molecular weight excluding hydrogens is 462 g/mol. The standard InChI is InChI=1S/C28H45NO5S/c1-16(14-28(4,35-5)25(34)29-15-23(32)33)19-6-7-20-24-21(9-11-27(19,20)3)26(2)10-8-18(30)12-17(26)13-22(24)31/h16-21,24,30H,6-15H2,1-5H3,(H,29,34)(H,32,33). The van der Waals surface area contributed by atoms with Gasteiger partial charge >= 0.3 is 5.97 Å². The smallest absolute Gasteiger partial charge is 0.322 e. The monoisotopic (exact) mass is 507 g/mol. The minimum atomic E-state index is -1.03. The summed E-state index contributed by atoms with van der Waals surface area (Å²) in [6.45, 7) is 8.65. The Morgan fingerprint density at radius 3 is 2.46 bits per heavy atom. The number of amides is 1. The van der Waals surface area contributed by atoms with Crippen molar-refractivity contribution >= 4 is 29.4 Å². The van der Waals surface area contributed by atoms with E-state index >= 15 is 0 Å². The summed E-state index contributed by atoms with van der Waals surface area (Å²) >= 11 is 1.50. The van der Waals surface area contributed by atoms with Gasteiger partial charge in [-0.2, -0.15) is 0 Å². The van der Waals surface area contributed by atoms with Crippen molar-refractivity contribution < 1.29 is 24.6 Å². The van der Waals surface area contributed by atoms with Crippen LogP contribution in [0.15, 0.2) is 0 Å². The number of nitrogens with one attached hydrogen (secondary N) is 1. The Bertz CT molecular complexity index is 864. The first-order valence-electron chi connectivity index (χ1n) is 13.6. The van der Waals surface area contributed by atoms with Gasteiger partial charge in [-0.05, 0) is 105 Å². The molecule has 1 amide bonds. The number of carbonyl (C=O) groups is 3. The number of aliphatic hydroxyl groups excluding tert-OH is 1. The number of aliphatic carboxylic acids is 1. The van der Waals surface area contributed by atoms with E-state index in [-0.39, 0.29) is 35.3 Å². The van der Waals surface area contributed by atoms with Crippen LogP contribution in [0.3, 0.4) is 0 Å². The molecule has 0 spiro atoms. The van der Waals surface area contributed by atoms with Gasteiger partial charge in [0.25, 0.3) is 0 Å². The van der Waals surface area contributed by atoms with Crippen molar-refractivity contribution in [3.63, 3.8) is 0 Å². The maximum atomic E-state index is 13.6. The van der Waals surface area contributed by atoms with Gasteiger partial charge in [0.05, 0.1) is 10.9 Å². The van der Waals surface area contributed by atoms with Gasteiger partial charge in [0.15, 0.2) is 0 Å². The van der Waals surface area contributed by atoms with E-state index in [0.717, 1.165) is 44.9 Å². The summed E-state index contributed by atoms with van der Waals surface area (Å²) in [5, 5.41) is 21.8. The Morgan fingerprint density at radius 2 is 1.80 bits per heavy atom. The van der Waals surface area contributed by atoms with Gasteiger partial charge in [0.2, 0.25) is 5.91 Å². The van der Waals surface area contributed by atoms with E-state index in [0.29, 0.717) is 48.2 Å². The van der Waals surface area contributed by atoms with E-state index < -0.39 is 10.7 Å². The number of ketones is 1. The normalized spacial score (nSPS) is 43.3. The summed E-state index contributed by atoms with van der Waals surface area (Å²) in [6, 6.07) is 0. The van der Waals surface area contributed by atoms with E-state index in [1.807, 2.05) is 13.2 Å². The molecule has 0 bridgehead atoms. The van der Waals surface area contributed by atoms with Crippen molar-refractivity contribution in [2.75, 3.05) is 12.8 Å². The minimum absolute atomic E-state index is 0.102. The van der Waals surface area contributed by atoms with Gasteiger partial charge in [-0.3, -0.25) is 14.4 Å². The highest BCUT2D eigenvalue weighted by Crippen LogP contribution is 2.67. The van der Waals surface area contributed by atoms with Crippen LogP contribution < -0.4 is 5.32 Å². The number of carboxylic acid groups (broad SMARTS) is 1. The molecule has 0 saturated heterocycles. The van der Waals surface area contributed by atoms with Crippen LogP contribution >= 0.6 is 11.8 Å². The zero-order valence-corrected chi connectivity index (χ0v) is 23.0. The molecule has 10 unspecified atom stereocenters. The molecule has 6 nitrogen and oxygen atoms in total. The average molecular weight is 508 g/mol. The Kier molecular flexibility index (Phi) is 7.44. The minimum Gasteiger partial charge on any atom is -0.480 e.